The van der Waals surface area contributed by atoms with Crippen LogP contribution in [0.3, 0.4) is 0 Å². The van der Waals surface area contributed by atoms with E-state index in [1.807, 2.05) is 0 Å². The fourth-order valence-electron chi connectivity index (χ4n) is 9.79. The quantitative estimate of drug-likeness (QED) is 0.0321. The predicted molar refractivity (Wildman–Crippen MR) is 306 cm³/mol. The van der Waals surface area contributed by atoms with Crippen LogP contribution >= 0.6 is 0 Å². The maximum atomic E-state index is 13.3. The monoisotopic (exact) mass is 984 g/mol. The number of rotatable bonds is 57. The number of nitrogens with one attached hydrogen (secondary N) is 1. The Labute approximate surface area is 436 Å². The van der Waals surface area contributed by atoms with Gasteiger partial charge in [0.05, 0.1) is 25.2 Å². The van der Waals surface area contributed by atoms with E-state index < -0.39 is 18.2 Å². The summed E-state index contributed by atoms with van der Waals surface area (Å²) >= 11 is 0. The van der Waals surface area contributed by atoms with Crippen molar-refractivity contribution in [2.75, 3.05) is 6.61 Å². The molecule has 412 valence electrons. The van der Waals surface area contributed by atoms with Gasteiger partial charge in [-0.15, -0.1) is 0 Å². The molecule has 0 aliphatic heterocycles. The lowest BCUT2D eigenvalue weighted by Gasteiger charge is -2.24. The molecule has 0 saturated carbocycles. The molecule has 0 spiro atoms. The number of aliphatic hydroxyl groups excluding tert-OH is 2. The summed E-state index contributed by atoms with van der Waals surface area (Å²) in [4.78, 5) is 26.4. The van der Waals surface area contributed by atoms with Gasteiger partial charge in [-0.25, -0.2) is 0 Å². The van der Waals surface area contributed by atoms with Crippen LogP contribution in [0.5, 0.6) is 0 Å². The summed E-state index contributed by atoms with van der Waals surface area (Å²) < 4.78 is 5.97. The third-order valence-corrected chi connectivity index (χ3v) is 14.5. The molecule has 0 saturated heterocycles. The van der Waals surface area contributed by atoms with Crippen LogP contribution in [0.4, 0.5) is 0 Å². The number of carbonyl (C=O) groups excluding carboxylic acids is 2. The molecule has 0 aliphatic rings. The fourth-order valence-corrected chi connectivity index (χ4v) is 9.79. The van der Waals surface area contributed by atoms with Crippen molar-refractivity contribution in [3.63, 3.8) is 0 Å². The first kappa shape index (κ1) is 68.1. The van der Waals surface area contributed by atoms with Gasteiger partial charge in [-0.2, -0.15) is 0 Å². The summed E-state index contributed by atoms with van der Waals surface area (Å²) in [5.74, 6) is -0.487. The van der Waals surface area contributed by atoms with Crippen LogP contribution in [0.1, 0.15) is 335 Å². The molecule has 0 aromatic carbocycles. The zero-order chi connectivity index (χ0) is 50.9. The Morgan fingerprint density at radius 3 is 1.10 bits per heavy atom. The van der Waals surface area contributed by atoms with Crippen molar-refractivity contribution < 1.29 is 24.5 Å². The van der Waals surface area contributed by atoms with E-state index in [9.17, 15) is 19.8 Å². The van der Waals surface area contributed by atoms with Gasteiger partial charge in [-0.1, -0.05) is 308 Å². The molecule has 0 radical (unpaired) electrons. The van der Waals surface area contributed by atoms with Gasteiger partial charge in [-0.05, 0) is 51.4 Å². The summed E-state index contributed by atoms with van der Waals surface area (Å²) in [5.41, 5.74) is 0. The van der Waals surface area contributed by atoms with E-state index in [1.165, 1.54) is 218 Å². The molecule has 0 bridgehead atoms. The average Bonchev–Trinajstić information content (AvgIpc) is 3.35. The van der Waals surface area contributed by atoms with Crippen molar-refractivity contribution in [1.29, 1.82) is 0 Å². The number of esters is 1. The molecule has 3 N–H and O–H groups in total. The van der Waals surface area contributed by atoms with Crippen LogP contribution in [0.2, 0.25) is 0 Å². The van der Waals surface area contributed by atoms with Crippen molar-refractivity contribution >= 4 is 11.9 Å². The van der Waals surface area contributed by atoms with E-state index in [0.717, 1.165) is 70.6 Å². The minimum absolute atomic E-state index is 0.0597. The van der Waals surface area contributed by atoms with Gasteiger partial charge in [0.1, 0.15) is 6.10 Å². The fraction of sp³-hybridized carbons (Fsp3) is 0.875. The minimum Gasteiger partial charge on any atom is -0.462 e. The maximum Gasteiger partial charge on any atom is 0.306 e. The number of allylic oxidation sites excluding steroid dienone is 6. The number of ether oxygens (including phenoxy) is 1. The number of hydrogen-bond donors (Lipinski definition) is 3. The van der Waals surface area contributed by atoms with E-state index in [1.54, 1.807) is 0 Å². The van der Waals surface area contributed by atoms with Crippen molar-refractivity contribution in [2.24, 2.45) is 0 Å². The van der Waals surface area contributed by atoms with Crippen molar-refractivity contribution in [2.45, 2.75) is 354 Å². The summed E-state index contributed by atoms with van der Waals surface area (Å²) in [5, 5.41) is 23.9. The molecule has 0 aromatic rings. The first-order valence-electron chi connectivity index (χ1n) is 31.2. The highest BCUT2D eigenvalue weighted by Gasteiger charge is 2.24. The molecular formula is C64H121NO5. The molecule has 3 atom stereocenters. The Kier molecular flexibility index (Phi) is 56.4. The normalized spacial score (nSPS) is 13.3. The van der Waals surface area contributed by atoms with Crippen molar-refractivity contribution in [3.05, 3.63) is 36.5 Å². The Morgan fingerprint density at radius 2 is 0.729 bits per heavy atom. The SMILES string of the molecule is CCCCCCC/C=C/C=C/C=C/CCCCCC(CC(=O)NC(CO)C(O)CCCCCCCCCCCCCCCCCC)OC(=O)CCCCCCCCCCCCCCCCCCCCC. The van der Waals surface area contributed by atoms with E-state index in [0.29, 0.717) is 19.3 Å². The average molecular weight is 985 g/mol. The van der Waals surface area contributed by atoms with Gasteiger partial charge < -0.3 is 20.3 Å². The van der Waals surface area contributed by atoms with Gasteiger partial charge in [0.25, 0.3) is 0 Å². The Bertz CT molecular complexity index is 1150. The smallest absolute Gasteiger partial charge is 0.306 e. The zero-order valence-corrected chi connectivity index (χ0v) is 47.2. The number of amides is 1. The van der Waals surface area contributed by atoms with E-state index in [2.05, 4.69) is 62.5 Å². The lowest BCUT2D eigenvalue weighted by atomic mass is 10.0. The molecular weight excluding hydrogens is 863 g/mol. The Hall–Kier alpha value is -1.92. The second kappa shape index (κ2) is 58.0. The molecule has 0 heterocycles. The van der Waals surface area contributed by atoms with E-state index >= 15 is 0 Å². The molecule has 0 aromatic heterocycles. The lowest BCUT2D eigenvalue weighted by molar-refractivity contribution is -0.151. The van der Waals surface area contributed by atoms with Gasteiger partial charge in [0.15, 0.2) is 0 Å². The summed E-state index contributed by atoms with van der Waals surface area (Å²) in [6.07, 6.45) is 70.8. The van der Waals surface area contributed by atoms with Gasteiger partial charge in [0, 0.05) is 6.42 Å². The maximum absolute atomic E-state index is 13.3. The summed E-state index contributed by atoms with van der Waals surface area (Å²) in [6, 6.07) is -0.711. The summed E-state index contributed by atoms with van der Waals surface area (Å²) in [7, 11) is 0. The van der Waals surface area contributed by atoms with Crippen LogP contribution in [0, 0.1) is 0 Å². The first-order chi connectivity index (χ1) is 34.5. The highest BCUT2D eigenvalue weighted by molar-refractivity contribution is 5.77. The van der Waals surface area contributed by atoms with Crippen LogP contribution in [0.25, 0.3) is 0 Å². The number of hydrogen-bond acceptors (Lipinski definition) is 5. The zero-order valence-electron chi connectivity index (χ0n) is 47.2. The Morgan fingerprint density at radius 1 is 0.414 bits per heavy atom. The van der Waals surface area contributed by atoms with Gasteiger partial charge in [-0.3, -0.25) is 9.59 Å². The molecule has 6 nitrogen and oxygen atoms in total. The molecule has 0 aliphatic carbocycles. The molecule has 6 heteroatoms. The topological polar surface area (TPSA) is 95.9 Å². The number of carbonyl (C=O) groups is 2. The molecule has 3 unspecified atom stereocenters. The van der Waals surface area contributed by atoms with Gasteiger partial charge >= 0.3 is 5.97 Å². The first-order valence-corrected chi connectivity index (χ1v) is 31.2. The van der Waals surface area contributed by atoms with Gasteiger partial charge in [0.2, 0.25) is 5.91 Å². The van der Waals surface area contributed by atoms with Crippen LogP contribution in [-0.4, -0.2) is 46.9 Å². The van der Waals surface area contributed by atoms with Crippen molar-refractivity contribution in [3.8, 4) is 0 Å². The second-order valence-corrected chi connectivity index (χ2v) is 21.5. The number of aliphatic hydroxyl groups is 2. The molecule has 0 fully saturated rings. The third-order valence-electron chi connectivity index (χ3n) is 14.5. The predicted octanol–water partition coefficient (Wildman–Crippen LogP) is 19.6. The molecule has 0 rings (SSSR count). The minimum atomic E-state index is -0.796. The van der Waals surface area contributed by atoms with E-state index in [4.69, 9.17) is 4.74 Å². The highest BCUT2D eigenvalue weighted by atomic mass is 16.5. The molecule has 70 heavy (non-hydrogen) atoms. The van der Waals surface area contributed by atoms with E-state index in [-0.39, 0.29) is 24.9 Å². The lowest BCUT2D eigenvalue weighted by Crippen LogP contribution is -2.46. The van der Waals surface area contributed by atoms with Crippen molar-refractivity contribution in [1.82, 2.24) is 5.32 Å². The second-order valence-electron chi connectivity index (χ2n) is 21.5. The Balaban J connectivity index is 4.54. The van der Waals surface area contributed by atoms with Crippen LogP contribution in [0.15, 0.2) is 36.5 Å². The summed E-state index contributed by atoms with van der Waals surface area (Å²) in [6.45, 7) is 6.51. The number of unbranched alkanes of at least 4 members (excludes halogenated alkanes) is 41. The van der Waals surface area contributed by atoms with Crippen LogP contribution < -0.4 is 5.32 Å². The molecule has 1 amide bonds. The standard InChI is InChI=1S/C64H121NO5/c1-4-7-10-13-16-19-22-25-28-31-32-33-36-39-42-45-48-51-54-57-64(69)70-60(55-52-49-46-43-40-37-34-29-26-23-20-17-14-11-8-5-2)58-63(68)65-61(59-66)62(67)56-53-50-47-44-41-38-35-30-27-24-21-18-15-12-9-6-3/h23,26,29,34,37,40,60-62,66-67H,4-22,24-25,27-28,30-33,35-36,38-39,41-59H2,1-3H3,(H,65,68)/b26-23+,34-29+,40-37+. The van der Waals surface area contributed by atoms with Crippen LogP contribution in [-0.2, 0) is 14.3 Å². The third kappa shape index (κ3) is 52.4. The largest absolute Gasteiger partial charge is 0.462 e. The highest BCUT2D eigenvalue weighted by Crippen LogP contribution is 2.19.